The van der Waals surface area contributed by atoms with Gasteiger partial charge in [-0.15, -0.1) is 0 Å². The molecule has 2 heterocycles. The van der Waals surface area contributed by atoms with E-state index in [1.165, 1.54) is 18.4 Å². The van der Waals surface area contributed by atoms with Crippen LogP contribution in [0.3, 0.4) is 0 Å². The molecule has 0 aromatic carbocycles. The molecule has 1 aliphatic heterocycles. The summed E-state index contributed by atoms with van der Waals surface area (Å²) in [7, 11) is 0. The van der Waals surface area contributed by atoms with Crippen molar-refractivity contribution >= 4 is 6.09 Å². The third-order valence-corrected chi connectivity index (χ3v) is 4.16. The number of hydrogen-bond donors (Lipinski definition) is 0. The lowest BCUT2D eigenvalue weighted by Gasteiger charge is -2.33. The third kappa shape index (κ3) is 3.57. The van der Waals surface area contributed by atoms with Gasteiger partial charge in [-0.1, -0.05) is 0 Å². The van der Waals surface area contributed by atoms with Crippen LogP contribution in [0.4, 0.5) is 4.79 Å². The van der Waals surface area contributed by atoms with Crippen LogP contribution < -0.4 is 0 Å². The molecule has 5 heteroatoms. The summed E-state index contributed by atoms with van der Waals surface area (Å²) < 4.78 is 7.52. The van der Waals surface area contributed by atoms with E-state index in [0.29, 0.717) is 6.04 Å². The molecular weight excluding hydrogens is 266 g/mol. The van der Waals surface area contributed by atoms with Gasteiger partial charge in [0.2, 0.25) is 0 Å². The van der Waals surface area contributed by atoms with Crippen molar-refractivity contribution in [2.45, 2.75) is 64.0 Å². The molecule has 1 aromatic heterocycles. The Morgan fingerprint density at radius 2 is 1.90 bits per heavy atom. The summed E-state index contributed by atoms with van der Waals surface area (Å²) in [6.45, 7) is 7.21. The average Bonchev–Trinajstić information content (AvgIpc) is 3.15. The number of piperidine rings is 1. The highest BCUT2D eigenvalue weighted by Gasteiger charge is 2.29. The number of aromatic nitrogens is 2. The van der Waals surface area contributed by atoms with Crippen LogP contribution in [0.25, 0.3) is 0 Å². The van der Waals surface area contributed by atoms with Crippen molar-refractivity contribution in [1.82, 2.24) is 14.7 Å². The SMILES string of the molecule is CC(C)(C)OC(=O)N1CCC(n2cc(C3CC3)cn2)CC1. The molecule has 0 unspecified atom stereocenters. The molecule has 2 fully saturated rings. The van der Waals surface area contributed by atoms with E-state index in [4.69, 9.17) is 4.74 Å². The van der Waals surface area contributed by atoms with Gasteiger partial charge < -0.3 is 9.64 Å². The highest BCUT2D eigenvalue weighted by Crippen LogP contribution is 2.40. The van der Waals surface area contributed by atoms with Crippen molar-refractivity contribution in [2.24, 2.45) is 0 Å². The zero-order valence-electron chi connectivity index (χ0n) is 13.2. The molecule has 0 N–H and O–H groups in total. The van der Waals surface area contributed by atoms with Gasteiger partial charge in [0.25, 0.3) is 0 Å². The molecule has 1 aliphatic carbocycles. The second-order valence-electron chi connectivity index (χ2n) is 7.23. The Bertz CT molecular complexity index is 506. The van der Waals surface area contributed by atoms with Crippen LogP contribution in [-0.4, -0.2) is 39.5 Å². The molecule has 116 valence electrons. The number of amides is 1. The van der Waals surface area contributed by atoms with E-state index in [1.807, 2.05) is 31.9 Å². The van der Waals surface area contributed by atoms with Gasteiger partial charge in [0.1, 0.15) is 5.60 Å². The second-order valence-corrected chi connectivity index (χ2v) is 7.23. The van der Waals surface area contributed by atoms with Crippen LogP contribution in [0.1, 0.15) is 64.0 Å². The van der Waals surface area contributed by atoms with Gasteiger partial charge in [0.15, 0.2) is 0 Å². The van der Waals surface area contributed by atoms with Crippen molar-refractivity contribution in [1.29, 1.82) is 0 Å². The summed E-state index contributed by atoms with van der Waals surface area (Å²) in [6.07, 6.45) is 8.53. The predicted molar refractivity (Wildman–Crippen MR) is 80.3 cm³/mol. The molecule has 2 aliphatic rings. The van der Waals surface area contributed by atoms with Gasteiger partial charge >= 0.3 is 6.09 Å². The Hall–Kier alpha value is -1.52. The molecule has 0 atom stereocenters. The molecular formula is C16H25N3O2. The number of carbonyl (C=O) groups is 1. The first-order valence-electron chi connectivity index (χ1n) is 7.94. The zero-order chi connectivity index (χ0) is 15.0. The Kier molecular flexibility index (Phi) is 3.68. The number of carbonyl (C=O) groups excluding carboxylic acids is 1. The lowest BCUT2D eigenvalue weighted by Crippen LogP contribution is -2.42. The Balaban J connectivity index is 1.53. The fourth-order valence-corrected chi connectivity index (χ4v) is 2.82. The summed E-state index contributed by atoms with van der Waals surface area (Å²) >= 11 is 0. The van der Waals surface area contributed by atoms with E-state index >= 15 is 0 Å². The molecule has 1 aromatic rings. The van der Waals surface area contributed by atoms with Crippen molar-refractivity contribution in [2.75, 3.05) is 13.1 Å². The maximum absolute atomic E-state index is 12.0. The lowest BCUT2D eigenvalue weighted by atomic mass is 10.1. The summed E-state index contributed by atoms with van der Waals surface area (Å²) in [4.78, 5) is 13.9. The van der Waals surface area contributed by atoms with Crippen LogP contribution in [0.5, 0.6) is 0 Å². The van der Waals surface area contributed by atoms with Gasteiger partial charge in [-0.05, 0) is 57.9 Å². The monoisotopic (exact) mass is 291 g/mol. The lowest BCUT2D eigenvalue weighted by molar-refractivity contribution is 0.0185. The van der Waals surface area contributed by atoms with E-state index in [2.05, 4.69) is 16.0 Å². The van der Waals surface area contributed by atoms with Crippen LogP contribution in [0, 0.1) is 0 Å². The topological polar surface area (TPSA) is 47.4 Å². The number of nitrogens with zero attached hydrogens (tertiary/aromatic N) is 3. The predicted octanol–water partition coefficient (Wildman–Crippen LogP) is 3.33. The summed E-state index contributed by atoms with van der Waals surface area (Å²) in [5.74, 6) is 0.751. The standard InChI is InChI=1S/C16H25N3O2/c1-16(2,3)21-15(20)18-8-6-14(7-9-18)19-11-13(10-17-19)12-4-5-12/h10-12,14H,4-9H2,1-3H3. The second kappa shape index (κ2) is 5.35. The Morgan fingerprint density at radius 1 is 1.24 bits per heavy atom. The first-order valence-corrected chi connectivity index (χ1v) is 7.94. The third-order valence-electron chi connectivity index (χ3n) is 4.16. The molecule has 0 radical (unpaired) electrons. The summed E-state index contributed by atoms with van der Waals surface area (Å²) in [5, 5.41) is 4.51. The van der Waals surface area contributed by atoms with E-state index in [-0.39, 0.29) is 6.09 Å². The van der Waals surface area contributed by atoms with E-state index < -0.39 is 5.60 Å². The smallest absolute Gasteiger partial charge is 0.410 e. The molecule has 0 bridgehead atoms. The number of hydrogen-bond acceptors (Lipinski definition) is 3. The average molecular weight is 291 g/mol. The van der Waals surface area contributed by atoms with E-state index in [9.17, 15) is 4.79 Å². The maximum Gasteiger partial charge on any atom is 0.410 e. The molecule has 1 saturated heterocycles. The van der Waals surface area contributed by atoms with E-state index in [0.717, 1.165) is 31.8 Å². The first-order chi connectivity index (χ1) is 9.92. The quantitative estimate of drug-likeness (QED) is 0.839. The van der Waals surface area contributed by atoms with Crippen molar-refractivity contribution in [3.8, 4) is 0 Å². The van der Waals surface area contributed by atoms with Gasteiger partial charge in [-0.3, -0.25) is 4.68 Å². The molecule has 0 spiro atoms. The summed E-state index contributed by atoms with van der Waals surface area (Å²) in [5.41, 5.74) is 0.958. The Morgan fingerprint density at radius 3 is 2.48 bits per heavy atom. The minimum absolute atomic E-state index is 0.194. The van der Waals surface area contributed by atoms with Gasteiger partial charge in [0, 0.05) is 19.3 Å². The van der Waals surface area contributed by atoms with Gasteiger partial charge in [-0.2, -0.15) is 5.10 Å². The molecule has 5 nitrogen and oxygen atoms in total. The Labute approximate surface area is 126 Å². The minimum atomic E-state index is -0.422. The fourth-order valence-electron chi connectivity index (χ4n) is 2.82. The minimum Gasteiger partial charge on any atom is -0.444 e. The van der Waals surface area contributed by atoms with Gasteiger partial charge in [-0.25, -0.2) is 4.79 Å². The number of rotatable bonds is 2. The maximum atomic E-state index is 12.0. The number of ether oxygens (including phenoxy) is 1. The van der Waals surface area contributed by atoms with Gasteiger partial charge in [0.05, 0.1) is 12.2 Å². The van der Waals surface area contributed by atoms with Crippen molar-refractivity contribution in [3.63, 3.8) is 0 Å². The highest BCUT2D eigenvalue weighted by atomic mass is 16.6. The zero-order valence-corrected chi connectivity index (χ0v) is 13.2. The molecule has 21 heavy (non-hydrogen) atoms. The van der Waals surface area contributed by atoms with Crippen molar-refractivity contribution in [3.05, 3.63) is 18.0 Å². The van der Waals surface area contributed by atoms with Crippen LogP contribution >= 0.6 is 0 Å². The number of likely N-dealkylation sites (tertiary alicyclic amines) is 1. The molecule has 3 rings (SSSR count). The van der Waals surface area contributed by atoms with Crippen molar-refractivity contribution < 1.29 is 9.53 Å². The normalized spacial score (nSPS) is 20.6. The largest absolute Gasteiger partial charge is 0.444 e. The van der Waals surface area contributed by atoms with Crippen LogP contribution in [0.2, 0.25) is 0 Å². The first kappa shape index (κ1) is 14.4. The fraction of sp³-hybridized carbons (Fsp3) is 0.750. The molecule has 1 saturated carbocycles. The molecule has 1 amide bonds. The van der Waals surface area contributed by atoms with Crippen LogP contribution in [-0.2, 0) is 4.74 Å². The highest BCUT2D eigenvalue weighted by molar-refractivity contribution is 5.68. The van der Waals surface area contributed by atoms with Crippen LogP contribution in [0.15, 0.2) is 12.4 Å². The van der Waals surface area contributed by atoms with E-state index in [1.54, 1.807) is 0 Å². The summed E-state index contributed by atoms with van der Waals surface area (Å²) in [6, 6.07) is 0.413.